The van der Waals surface area contributed by atoms with Crippen molar-refractivity contribution < 1.29 is 4.79 Å². The molecule has 0 fully saturated rings. The fourth-order valence-electron chi connectivity index (χ4n) is 1.92. The number of nitrogens with zero attached hydrogens (tertiary/aromatic N) is 4. The molecule has 0 aromatic carbocycles. The van der Waals surface area contributed by atoms with Gasteiger partial charge in [0.05, 0.1) is 12.7 Å². The molecule has 0 radical (unpaired) electrons. The number of hydrogen-bond donors (Lipinski definition) is 1. The maximum atomic E-state index is 12.0. The first kappa shape index (κ1) is 15.7. The van der Waals surface area contributed by atoms with Crippen LogP contribution >= 0.6 is 15.9 Å². The maximum Gasteiger partial charge on any atom is 0.239 e. The summed E-state index contributed by atoms with van der Waals surface area (Å²) < 4.78 is 2.71. The number of halogens is 1. The van der Waals surface area contributed by atoms with Gasteiger partial charge in [-0.3, -0.25) is 14.4 Å². The molecule has 0 saturated heterocycles. The zero-order valence-corrected chi connectivity index (χ0v) is 13.9. The number of amides is 1. The molecule has 6 nitrogen and oxygen atoms in total. The van der Waals surface area contributed by atoms with Gasteiger partial charge in [-0.25, -0.2) is 4.98 Å². The first-order valence-corrected chi connectivity index (χ1v) is 7.32. The fourth-order valence-corrected chi connectivity index (χ4v) is 2.16. The summed E-state index contributed by atoms with van der Waals surface area (Å²) in [6, 6.07) is 3.60. The number of carbonyl (C=O) groups excluding carboxylic acids is 1. The van der Waals surface area contributed by atoms with E-state index in [0.717, 1.165) is 15.7 Å². The van der Waals surface area contributed by atoms with Gasteiger partial charge in [-0.1, -0.05) is 0 Å². The number of nitrogens with one attached hydrogen (secondary N) is 1. The van der Waals surface area contributed by atoms with Crippen LogP contribution in [0.1, 0.15) is 11.3 Å². The lowest BCUT2D eigenvalue weighted by Crippen LogP contribution is -2.30. The van der Waals surface area contributed by atoms with Crippen LogP contribution in [0.4, 0.5) is 5.82 Å². The lowest BCUT2D eigenvalue weighted by atomic mass is 10.2. The van der Waals surface area contributed by atoms with Crippen LogP contribution in [0, 0.1) is 6.92 Å². The lowest BCUT2D eigenvalue weighted by Gasteiger charge is -2.15. The van der Waals surface area contributed by atoms with Gasteiger partial charge in [0.15, 0.2) is 0 Å². The predicted octanol–water partition coefficient (Wildman–Crippen LogP) is 1.96. The molecule has 1 N–H and O–H groups in total. The molecule has 0 aliphatic rings. The molecule has 0 aliphatic heterocycles. The summed E-state index contributed by atoms with van der Waals surface area (Å²) in [5.41, 5.74) is 2.23. The number of likely N-dealkylation sites (N-methyl/N-ethyl adjacent to an activating group) is 1. The van der Waals surface area contributed by atoms with E-state index in [1.54, 1.807) is 12.3 Å². The molecule has 1 amide bonds. The highest BCUT2D eigenvalue weighted by molar-refractivity contribution is 9.10. The Morgan fingerprint density at radius 1 is 1.43 bits per heavy atom. The Balaban J connectivity index is 1.87. The first-order valence-electron chi connectivity index (χ1n) is 6.53. The van der Waals surface area contributed by atoms with Gasteiger partial charge in [0, 0.05) is 35.5 Å². The van der Waals surface area contributed by atoms with Crippen molar-refractivity contribution in [3.05, 3.63) is 40.3 Å². The third-order valence-corrected chi connectivity index (χ3v) is 3.65. The largest absolute Gasteiger partial charge is 0.310 e. The van der Waals surface area contributed by atoms with Crippen LogP contribution in [0.5, 0.6) is 0 Å². The van der Waals surface area contributed by atoms with E-state index < -0.39 is 0 Å². The second-order valence-corrected chi connectivity index (χ2v) is 5.88. The van der Waals surface area contributed by atoms with Gasteiger partial charge in [0.25, 0.3) is 0 Å². The standard InChI is InChI=1S/C14H18BrN5O/c1-10-11(6-17-20(10)3)8-19(2)9-14(21)18-13-5-4-12(15)7-16-13/h4-7H,8-9H2,1-3H3,(H,16,18,21). The van der Waals surface area contributed by atoms with Gasteiger partial charge in [-0.05, 0) is 42.0 Å². The Hall–Kier alpha value is -1.73. The number of aromatic nitrogens is 3. The summed E-state index contributed by atoms with van der Waals surface area (Å²) in [6.07, 6.45) is 3.48. The quantitative estimate of drug-likeness (QED) is 0.894. The molecular formula is C14H18BrN5O. The van der Waals surface area contributed by atoms with Crippen LogP contribution in [0.2, 0.25) is 0 Å². The molecule has 2 rings (SSSR count). The molecule has 0 spiro atoms. The summed E-state index contributed by atoms with van der Waals surface area (Å²) in [5, 5.41) is 6.97. The second kappa shape index (κ2) is 6.82. The number of rotatable bonds is 5. The monoisotopic (exact) mass is 351 g/mol. The van der Waals surface area contributed by atoms with Crippen LogP contribution < -0.4 is 5.32 Å². The van der Waals surface area contributed by atoms with E-state index in [-0.39, 0.29) is 5.91 Å². The average Bonchev–Trinajstić information content (AvgIpc) is 2.73. The van der Waals surface area contributed by atoms with Gasteiger partial charge in [0.2, 0.25) is 5.91 Å². The SMILES string of the molecule is Cc1c(CN(C)CC(=O)Nc2ccc(Br)cn2)cnn1C. The predicted molar refractivity (Wildman–Crippen MR) is 84.8 cm³/mol. The summed E-state index contributed by atoms with van der Waals surface area (Å²) >= 11 is 3.31. The Labute approximate surface area is 132 Å². The Morgan fingerprint density at radius 3 is 2.76 bits per heavy atom. The molecule has 112 valence electrons. The number of aryl methyl sites for hydroxylation is 1. The van der Waals surface area contributed by atoms with Crippen molar-refractivity contribution in [1.82, 2.24) is 19.7 Å². The van der Waals surface area contributed by atoms with Gasteiger partial charge in [-0.2, -0.15) is 5.10 Å². The van der Waals surface area contributed by atoms with E-state index in [9.17, 15) is 4.79 Å². The van der Waals surface area contributed by atoms with Crippen molar-refractivity contribution in [3.8, 4) is 0 Å². The summed E-state index contributed by atoms with van der Waals surface area (Å²) in [6.45, 7) is 2.99. The van der Waals surface area contributed by atoms with E-state index in [0.29, 0.717) is 18.9 Å². The van der Waals surface area contributed by atoms with E-state index in [4.69, 9.17) is 0 Å². The average molecular weight is 352 g/mol. The van der Waals surface area contributed by atoms with E-state index >= 15 is 0 Å². The summed E-state index contributed by atoms with van der Waals surface area (Å²) in [5.74, 6) is 0.461. The zero-order chi connectivity index (χ0) is 15.4. The number of carbonyl (C=O) groups is 1. The third kappa shape index (κ3) is 4.37. The summed E-state index contributed by atoms with van der Waals surface area (Å²) in [7, 11) is 3.81. The van der Waals surface area contributed by atoms with Crippen molar-refractivity contribution in [2.24, 2.45) is 7.05 Å². The molecule has 7 heteroatoms. The lowest BCUT2D eigenvalue weighted by molar-refractivity contribution is -0.117. The highest BCUT2D eigenvalue weighted by atomic mass is 79.9. The van der Waals surface area contributed by atoms with Gasteiger partial charge >= 0.3 is 0 Å². The molecular weight excluding hydrogens is 334 g/mol. The molecule has 2 heterocycles. The van der Waals surface area contributed by atoms with Crippen molar-refractivity contribution in [1.29, 1.82) is 0 Å². The van der Waals surface area contributed by atoms with Gasteiger partial charge in [0.1, 0.15) is 5.82 Å². The highest BCUT2D eigenvalue weighted by Gasteiger charge is 2.11. The van der Waals surface area contributed by atoms with Crippen LogP contribution in [-0.2, 0) is 18.4 Å². The van der Waals surface area contributed by atoms with Crippen molar-refractivity contribution >= 4 is 27.7 Å². The van der Waals surface area contributed by atoms with Gasteiger partial charge < -0.3 is 5.32 Å². The van der Waals surface area contributed by atoms with Crippen LogP contribution in [0.25, 0.3) is 0 Å². The van der Waals surface area contributed by atoms with E-state index in [2.05, 4.69) is 31.3 Å². The molecule has 2 aromatic heterocycles. The zero-order valence-electron chi connectivity index (χ0n) is 12.3. The third-order valence-electron chi connectivity index (χ3n) is 3.19. The molecule has 0 bridgehead atoms. The summed E-state index contributed by atoms with van der Waals surface area (Å²) in [4.78, 5) is 18.0. The minimum absolute atomic E-state index is 0.0890. The fraction of sp³-hybridized carbons (Fsp3) is 0.357. The second-order valence-electron chi connectivity index (χ2n) is 4.96. The highest BCUT2D eigenvalue weighted by Crippen LogP contribution is 2.11. The molecule has 2 aromatic rings. The van der Waals surface area contributed by atoms with Crippen LogP contribution in [0.3, 0.4) is 0 Å². The normalized spacial score (nSPS) is 10.9. The van der Waals surface area contributed by atoms with E-state index in [1.807, 2.05) is 42.9 Å². The topological polar surface area (TPSA) is 63.1 Å². The van der Waals surface area contributed by atoms with Crippen molar-refractivity contribution in [3.63, 3.8) is 0 Å². The van der Waals surface area contributed by atoms with E-state index in [1.165, 1.54) is 0 Å². The smallest absolute Gasteiger partial charge is 0.239 e. The minimum atomic E-state index is -0.0890. The Morgan fingerprint density at radius 2 is 2.19 bits per heavy atom. The Kier molecular flexibility index (Phi) is 5.08. The number of anilines is 1. The number of hydrogen-bond acceptors (Lipinski definition) is 4. The van der Waals surface area contributed by atoms with Crippen LogP contribution in [0.15, 0.2) is 29.0 Å². The molecule has 0 unspecified atom stereocenters. The van der Waals surface area contributed by atoms with Gasteiger partial charge in [-0.15, -0.1) is 0 Å². The number of pyridine rings is 1. The maximum absolute atomic E-state index is 12.0. The minimum Gasteiger partial charge on any atom is -0.310 e. The molecule has 0 saturated carbocycles. The molecule has 21 heavy (non-hydrogen) atoms. The molecule has 0 atom stereocenters. The van der Waals surface area contributed by atoms with Crippen molar-refractivity contribution in [2.75, 3.05) is 18.9 Å². The van der Waals surface area contributed by atoms with Crippen LogP contribution in [-0.4, -0.2) is 39.2 Å². The Bertz CT molecular complexity index is 623. The van der Waals surface area contributed by atoms with Crippen molar-refractivity contribution in [2.45, 2.75) is 13.5 Å². The molecule has 0 aliphatic carbocycles. The first-order chi connectivity index (χ1) is 9.95.